The van der Waals surface area contributed by atoms with Gasteiger partial charge in [0.1, 0.15) is 5.75 Å². The predicted molar refractivity (Wildman–Crippen MR) is 128 cm³/mol. The number of carboxylic acids is 1. The van der Waals surface area contributed by atoms with E-state index in [9.17, 15) is 9.59 Å². The van der Waals surface area contributed by atoms with Gasteiger partial charge in [-0.2, -0.15) is 0 Å². The minimum Gasteiger partial charge on any atom is -0.482 e. The van der Waals surface area contributed by atoms with Crippen molar-refractivity contribution in [2.24, 2.45) is 0 Å². The number of carboxylic acid groups (broad SMARTS) is 1. The van der Waals surface area contributed by atoms with Crippen LogP contribution in [0.3, 0.4) is 0 Å². The van der Waals surface area contributed by atoms with Gasteiger partial charge in [-0.3, -0.25) is 4.79 Å². The molecule has 0 aliphatic heterocycles. The van der Waals surface area contributed by atoms with Crippen LogP contribution in [0.4, 0.5) is 0 Å². The molecular formula is C28H29NO4. The highest BCUT2D eigenvalue weighted by molar-refractivity contribution is 5.77. The van der Waals surface area contributed by atoms with Crippen LogP contribution in [0.1, 0.15) is 53.4 Å². The molecule has 0 aromatic heterocycles. The Labute approximate surface area is 194 Å². The van der Waals surface area contributed by atoms with Gasteiger partial charge in [0, 0.05) is 18.9 Å². The first-order chi connectivity index (χ1) is 16.1. The second-order valence-electron chi connectivity index (χ2n) is 8.48. The van der Waals surface area contributed by atoms with Crippen LogP contribution in [0.25, 0.3) is 0 Å². The summed E-state index contributed by atoms with van der Waals surface area (Å²) >= 11 is 0. The van der Waals surface area contributed by atoms with Gasteiger partial charge >= 0.3 is 5.97 Å². The maximum Gasteiger partial charge on any atom is 0.341 e. The lowest BCUT2D eigenvalue weighted by molar-refractivity contribution is -0.139. The van der Waals surface area contributed by atoms with E-state index in [0.717, 1.165) is 30.4 Å². The van der Waals surface area contributed by atoms with E-state index in [-0.39, 0.29) is 24.3 Å². The van der Waals surface area contributed by atoms with Crippen LogP contribution in [-0.2, 0) is 16.0 Å². The van der Waals surface area contributed by atoms with Crippen molar-refractivity contribution in [1.29, 1.82) is 0 Å². The van der Waals surface area contributed by atoms with Gasteiger partial charge in [-0.15, -0.1) is 0 Å². The highest BCUT2D eigenvalue weighted by Crippen LogP contribution is 2.38. The Morgan fingerprint density at radius 1 is 0.939 bits per heavy atom. The lowest BCUT2D eigenvalue weighted by Crippen LogP contribution is -2.30. The third-order valence-corrected chi connectivity index (χ3v) is 6.28. The number of hydrogen-bond donors (Lipinski definition) is 2. The molecule has 1 atom stereocenters. The molecule has 5 heteroatoms. The van der Waals surface area contributed by atoms with E-state index in [0.29, 0.717) is 18.7 Å². The molecule has 0 bridgehead atoms. The second kappa shape index (κ2) is 10.8. The van der Waals surface area contributed by atoms with Crippen molar-refractivity contribution in [1.82, 2.24) is 5.32 Å². The van der Waals surface area contributed by atoms with Gasteiger partial charge in [0.15, 0.2) is 6.61 Å². The summed E-state index contributed by atoms with van der Waals surface area (Å²) in [6.07, 6.45) is 3.14. The molecule has 1 aliphatic carbocycles. The van der Waals surface area contributed by atoms with Gasteiger partial charge in [-0.25, -0.2) is 4.79 Å². The number of hydrogen-bond acceptors (Lipinski definition) is 3. The minimum atomic E-state index is -0.995. The monoisotopic (exact) mass is 443 g/mol. The highest BCUT2D eigenvalue weighted by Gasteiger charge is 2.25. The van der Waals surface area contributed by atoms with Crippen LogP contribution in [0.5, 0.6) is 5.75 Å². The van der Waals surface area contributed by atoms with Crippen molar-refractivity contribution in [3.05, 3.63) is 101 Å². The van der Waals surface area contributed by atoms with Gasteiger partial charge in [0.05, 0.1) is 0 Å². The Bertz CT molecular complexity index is 1040. The molecule has 2 N–H and O–H groups in total. The molecule has 1 aliphatic rings. The first-order valence-corrected chi connectivity index (χ1v) is 11.4. The van der Waals surface area contributed by atoms with Crippen molar-refractivity contribution < 1.29 is 19.4 Å². The summed E-state index contributed by atoms with van der Waals surface area (Å²) in [6.45, 7) is 0.177. The van der Waals surface area contributed by atoms with E-state index >= 15 is 0 Å². The first kappa shape index (κ1) is 22.6. The van der Waals surface area contributed by atoms with Crippen molar-refractivity contribution in [2.45, 2.75) is 37.5 Å². The molecule has 0 radical (unpaired) electrons. The van der Waals surface area contributed by atoms with Crippen molar-refractivity contribution >= 4 is 11.9 Å². The summed E-state index contributed by atoms with van der Waals surface area (Å²) in [4.78, 5) is 23.9. The number of rotatable bonds is 9. The lowest BCUT2D eigenvalue weighted by Gasteiger charge is -2.27. The number of carbonyl (C=O) groups excluding carboxylic acids is 1. The molecule has 0 saturated heterocycles. The molecule has 0 saturated carbocycles. The summed E-state index contributed by atoms with van der Waals surface area (Å²) in [5, 5.41) is 12.1. The Balaban J connectivity index is 1.44. The fraction of sp³-hybridized carbons (Fsp3) is 0.286. The summed E-state index contributed by atoms with van der Waals surface area (Å²) in [6, 6.07) is 26.2. The molecule has 3 aromatic carbocycles. The molecule has 33 heavy (non-hydrogen) atoms. The van der Waals surface area contributed by atoms with E-state index in [4.69, 9.17) is 9.84 Å². The zero-order valence-electron chi connectivity index (χ0n) is 18.6. The molecule has 1 unspecified atom stereocenters. The predicted octanol–water partition coefficient (Wildman–Crippen LogP) is 4.91. The molecule has 4 rings (SSSR count). The van der Waals surface area contributed by atoms with Crippen LogP contribution < -0.4 is 10.1 Å². The molecule has 1 amide bonds. The zero-order chi connectivity index (χ0) is 23.0. The van der Waals surface area contributed by atoms with Crippen LogP contribution in [0.2, 0.25) is 0 Å². The maximum absolute atomic E-state index is 13.0. The van der Waals surface area contributed by atoms with Gasteiger partial charge in [-0.1, -0.05) is 72.8 Å². The fourth-order valence-corrected chi connectivity index (χ4v) is 4.71. The summed E-state index contributed by atoms with van der Waals surface area (Å²) in [7, 11) is 0. The third kappa shape index (κ3) is 5.80. The molecule has 0 fully saturated rings. The Morgan fingerprint density at radius 2 is 1.61 bits per heavy atom. The highest BCUT2D eigenvalue weighted by atomic mass is 16.5. The van der Waals surface area contributed by atoms with E-state index in [1.807, 2.05) is 54.6 Å². The number of carbonyl (C=O) groups is 2. The van der Waals surface area contributed by atoms with Gasteiger partial charge in [0.25, 0.3) is 0 Å². The quantitative estimate of drug-likeness (QED) is 0.493. The fourth-order valence-electron chi connectivity index (χ4n) is 4.71. The lowest BCUT2D eigenvalue weighted by atomic mass is 9.80. The second-order valence-corrected chi connectivity index (χ2v) is 8.48. The van der Waals surface area contributed by atoms with Crippen LogP contribution in [0, 0.1) is 0 Å². The summed E-state index contributed by atoms with van der Waals surface area (Å²) in [5.41, 5.74) is 4.48. The zero-order valence-corrected chi connectivity index (χ0v) is 18.6. The normalized spacial score (nSPS) is 15.0. The van der Waals surface area contributed by atoms with Gasteiger partial charge in [-0.05, 0) is 53.5 Å². The largest absolute Gasteiger partial charge is 0.482 e. The third-order valence-electron chi connectivity index (χ3n) is 6.28. The Hall–Kier alpha value is -3.60. The van der Waals surface area contributed by atoms with Gasteiger partial charge < -0.3 is 15.2 Å². The van der Waals surface area contributed by atoms with Crippen molar-refractivity contribution in [2.75, 3.05) is 13.2 Å². The van der Waals surface area contributed by atoms with Crippen LogP contribution in [-0.4, -0.2) is 30.1 Å². The average molecular weight is 444 g/mol. The molecule has 0 heterocycles. The minimum absolute atomic E-state index is 0.0292. The number of benzene rings is 3. The molecule has 5 nitrogen and oxygen atoms in total. The van der Waals surface area contributed by atoms with E-state index in [1.165, 1.54) is 11.1 Å². The maximum atomic E-state index is 13.0. The van der Waals surface area contributed by atoms with Crippen LogP contribution in [0.15, 0.2) is 78.9 Å². The van der Waals surface area contributed by atoms with E-state index < -0.39 is 5.97 Å². The van der Waals surface area contributed by atoms with E-state index in [1.54, 1.807) is 0 Å². The topological polar surface area (TPSA) is 75.6 Å². The Kier molecular flexibility index (Phi) is 7.40. The van der Waals surface area contributed by atoms with E-state index in [2.05, 4.69) is 29.6 Å². The number of ether oxygens (including phenoxy) is 1. The number of fused-ring (bicyclic) bond motifs is 1. The number of nitrogens with one attached hydrogen (secondary N) is 1. The van der Waals surface area contributed by atoms with Crippen LogP contribution >= 0.6 is 0 Å². The number of amides is 1. The van der Waals surface area contributed by atoms with Crippen molar-refractivity contribution in [3.63, 3.8) is 0 Å². The average Bonchev–Trinajstić information content (AvgIpc) is 2.84. The van der Waals surface area contributed by atoms with Gasteiger partial charge in [0.2, 0.25) is 5.91 Å². The summed E-state index contributed by atoms with van der Waals surface area (Å²) < 4.78 is 5.50. The SMILES string of the molecule is O=C(O)COc1cccc2c1CCCC2CC(=O)NCC(c1ccccc1)c1ccccc1. The Morgan fingerprint density at radius 3 is 2.24 bits per heavy atom. The number of aliphatic carboxylic acids is 1. The summed E-state index contributed by atoms with van der Waals surface area (Å²) in [5.74, 6) is -0.152. The van der Waals surface area contributed by atoms with Crippen molar-refractivity contribution in [3.8, 4) is 5.75 Å². The first-order valence-electron chi connectivity index (χ1n) is 11.4. The smallest absolute Gasteiger partial charge is 0.341 e. The molecule has 3 aromatic rings. The molecular weight excluding hydrogens is 414 g/mol. The molecule has 170 valence electrons. The molecule has 0 spiro atoms. The standard InChI is InChI=1S/C28H29NO4/c30-27(29-18-25(20-9-3-1-4-10-20)21-11-5-2-6-12-21)17-22-13-7-15-24-23(22)14-8-16-26(24)33-19-28(31)32/h1-6,8-12,14,16,22,25H,7,13,15,17-19H2,(H,29,30)(H,31,32).